The molecule has 0 aromatic carbocycles. The third-order valence-corrected chi connectivity index (χ3v) is 3.14. The maximum absolute atomic E-state index is 12.0. The summed E-state index contributed by atoms with van der Waals surface area (Å²) in [7, 11) is 1.70. The summed E-state index contributed by atoms with van der Waals surface area (Å²) in [6, 6.07) is 0. The van der Waals surface area contributed by atoms with Gasteiger partial charge in [-0.3, -0.25) is 4.79 Å². The fraction of sp³-hybridized carbons (Fsp3) is 0.929. The molecular weight excluding hydrogens is 228 g/mol. The summed E-state index contributed by atoms with van der Waals surface area (Å²) in [4.78, 5) is 12.0. The Hall–Kier alpha value is -0.610. The highest BCUT2D eigenvalue weighted by molar-refractivity contribution is 5.78. The molecular formula is C14H30N2O2. The Bertz CT molecular complexity index is 240. The second kappa shape index (κ2) is 8.48. The van der Waals surface area contributed by atoms with Gasteiger partial charge in [0.2, 0.25) is 5.91 Å². The molecule has 0 aliphatic rings. The molecule has 0 spiro atoms. The maximum Gasteiger partial charge on any atom is 0.224 e. The number of amides is 1. The van der Waals surface area contributed by atoms with Crippen LogP contribution in [0.25, 0.3) is 0 Å². The molecule has 1 atom stereocenters. The molecule has 0 aliphatic heterocycles. The highest BCUT2D eigenvalue weighted by Gasteiger charge is 2.22. The summed E-state index contributed by atoms with van der Waals surface area (Å²) in [6.07, 6.45) is 1.78. The quantitative estimate of drug-likeness (QED) is 0.662. The number of nitrogens with one attached hydrogen (secondary N) is 1. The topological polar surface area (TPSA) is 64.3 Å². The number of hydrogen-bond acceptors (Lipinski definition) is 3. The van der Waals surface area contributed by atoms with Crippen molar-refractivity contribution in [2.75, 3.05) is 26.8 Å². The van der Waals surface area contributed by atoms with Gasteiger partial charge in [0.15, 0.2) is 0 Å². The van der Waals surface area contributed by atoms with Crippen LogP contribution in [-0.4, -0.2) is 32.7 Å². The van der Waals surface area contributed by atoms with Crippen molar-refractivity contribution in [3.05, 3.63) is 0 Å². The van der Waals surface area contributed by atoms with Crippen LogP contribution in [0.1, 0.15) is 40.5 Å². The van der Waals surface area contributed by atoms with Gasteiger partial charge in [0.05, 0.1) is 5.92 Å². The van der Waals surface area contributed by atoms with E-state index in [1.807, 2.05) is 0 Å². The first-order chi connectivity index (χ1) is 8.32. The smallest absolute Gasteiger partial charge is 0.224 e. The minimum Gasteiger partial charge on any atom is -0.385 e. The molecule has 0 saturated heterocycles. The van der Waals surface area contributed by atoms with Gasteiger partial charge in [-0.2, -0.15) is 0 Å². The number of hydrogen-bond donors (Lipinski definition) is 2. The Morgan fingerprint density at radius 2 is 2.00 bits per heavy atom. The fourth-order valence-electron chi connectivity index (χ4n) is 1.82. The lowest BCUT2D eigenvalue weighted by atomic mass is 9.89. The summed E-state index contributed by atoms with van der Waals surface area (Å²) >= 11 is 0. The van der Waals surface area contributed by atoms with Crippen LogP contribution >= 0.6 is 0 Å². The summed E-state index contributed by atoms with van der Waals surface area (Å²) < 4.78 is 5.07. The third kappa shape index (κ3) is 7.67. The zero-order valence-corrected chi connectivity index (χ0v) is 12.6. The van der Waals surface area contributed by atoms with Gasteiger partial charge in [-0.05, 0) is 24.2 Å². The Kier molecular flexibility index (Phi) is 8.20. The second-order valence-corrected chi connectivity index (χ2v) is 6.19. The SMILES string of the molecule is COCCC(C)(C)CNC(=O)C(CN)CC(C)C. The van der Waals surface area contributed by atoms with Gasteiger partial charge in [0.1, 0.15) is 0 Å². The van der Waals surface area contributed by atoms with Crippen LogP contribution in [0, 0.1) is 17.3 Å². The van der Waals surface area contributed by atoms with Crippen LogP contribution in [0.2, 0.25) is 0 Å². The molecule has 0 aromatic heterocycles. The highest BCUT2D eigenvalue weighted by Crippen LogP contribution is 2.19. The van der Waals surface area contributed by atoms with Gasteiger partial charge in [0.25, 0.3) is 0 Å². The standard InChI is InChI=1S/C14H30N2O2/c1-11(2)8-12(9-15)13(17)16-10-14(3,4)6-7-18-5/h11-12H,6-10,15H2,1-5H3,(H,16,17). The van der Waals surface area contributed by atoms with Crippen LogP contribution < -0.4 is 11.1 Å². The van der Waals surface area contributed by atoms with E-state index in [0.717, 1.165) is 19.4 Å². The third-order valence-electron chi connectivity index (χ3n) is 3.14. The van der Waals surface area contributed by atoms with E-state index in [0.29, 0.717) is 19.0 Å². The molecule has 0 radical (unpaired) electrons. The first-order valence-corrected chi connectivity index (χ1v) is 6.79. The Balaban J connectivity index is 4.13. The second-order valence-electron chi connectivity index (χ2n) is 6.19. The summed E-state index contributed by atoms with van der Waals surface area (Å²) in [6.45, 7) is 10.3. The van der Waals surface area contributed by atoms with E-state index in [-0.39, 0.29) is 17.2 Å². The lowest BCUT2D eigenvalue weighted by molar-refractivity contribution is -0.125. The monoisotopic (exact) mass is 258 g/mol. The Morgan fingerprint density at radius 3 is 2.44 bits per heavy atom. The van der Waals surface area contributed by atoms with Gasteiger partial charge < -0.3 is 15.8 Å². The first kappa shape index (κ1) is 17.4. The molecule has 0 bridgehead atoms. The molecule has 3 N–H and O–H groups in total. The molecule has 0 aliphatic carbocycles. The van der Waals surface area contributed by atoms with Crippen LogP contribution in [0.4, 0.5) is 0 Å². The van der Waals surface area contributed by atoms with Crippen LogP contribution in [0.5, 0.6) is 0 Å². The molecule has 0 heterocycles. The maximum atomic E-state index is 12.0. The van der Waals surface area contributed by atoms with E-state index in [9.17, 15) is 4.79 Å². The van der Waals surface area contributed by atoms with Crippen LogP contribution in [0.3, 0.4) is 0 Å². The fourth-order valence-corrected chi connectivity index (χ4v) is 1.82. The molecule has 0 saturated carbocycles. The molecule has 18 heavy (non-hydrogen) atoms. The molecule has 4 nitrogen and oxygen atoms in total. The molecule has 0 rings (SSSR count). The van der Waals surface area contributed by atoms with Gasteiger partial charge in [-0.1, -0.05) is 27.7 Å². The largest absolute Gasteiger partial charge is 0.385 e. The van der Waals surface area contributed by atoms with Crippen molar-refractivity contribution < 1.29 is 9.53 Å². The number of nitrogens with two attached hydrogens (primary N) is 1. The van der Waals surface area contributed by atoms with E-state index < -0.39 is 0 Å². The van der Waals surface area contributed by atoms with Gasteiger partial charge >= 0.3 is 0 Å². The van der Waals surface area contributed by atoms with Gasteiger partial charge in [-0.15, -0.1) is 0 Å². The zero-order chi connectivity index (χ0) is 14.2. The van der Waals surface area contributed by atoms with Crippen molar-refractivity contribution in [2.45, 2.75) is 40.5 Å². The first-order valence-electron chi connectivity index (χ1n) is 6.79. The Morgan fingerprint density at radius 1 is 1.39 bits per heavy atom. The summed E-state index contributed by atoms with van der Waals surface area (Å²) in [5.74, 6) is 0.505. The molecule has 1 amide bonds. The van der Waals surface area contributed by atoms with Crippen molar-refractivity contribution in [1.82, 2.24) is 5.32 Å². The van der Waals surface area contributed by atoms with E-state index in [2.05, 4.69) is 33.0 Å². The predicted molar refractivity (Wildman–Crippen MR) is 75.3 cm³/mol. The minimum atomic E-state index is -0.0665. The minimum absolute atomic E-state index is 0.0582. The van der Waals surface area contributed by atoms with Gasteiger partial charge in [0, 0.05) is 26.8 Å². The normalized spacial score (nSPS) is 13.7. The summed E-state index contributed by atoms with van der Waals surface area (Å²) in [5, 5.41) is 3.01. The molecule has 0 fully saturated rings. The molecule has 108 valence electrons. The van der Waals surface area contributed by atoms with E-state index >= 15 is 0 Å². The number of rotatable bonds is 9. The van der Waals surface area contributed by atoms with Crippen molar-refractivity contribution in [3.63, 3.8) is 0 Å². The van der Waals surface area contributed by atoms with E-state index in [1.54, 1.807) is 7.11 Å². The molecule has 0 aromatic rings. The number of methoxy groups -OCH3 is 1. The number of carbonyl (C=O) groups is 1. The van der Waals surface area contributed by atoms with Crippen molar-refractivity contribution in [1.29, 1.82) is 0 Å². The van der Waals surface area contributed by atoms with Gasteiger partial charge in [-0.25, -0.2) is 0 Å². The van der Waals surface area contributed by atoms with Crippen molar-refractivity contribution in [2.24, 2.45) is 23.0 Å². The average Bonchev–Trinajstić information content (AvgIpc) is 2.30. The lowest BCUT2D eigenvalue weighted by Crippen LogP contribution is -2.40. The van der Waals surface area contributed by atoms with Crippen molar-refractivity contribution >= 4 is 5.91 Å². The molecule has 1 unspecified atom stereocenters. The van der Waals surface area contributed by atoms with Crippen LogP contribution in [-0.2, 0) is 9.53 Å². The lowest BCUT2D eigenvalue weighted by Gasteiger charge is -2.26. The zero-order valence-electron chi connectivity index (χ0n) is 12.6. The van der Waals surface area contributed by atoms with E-state index in [1.165, 1.54) is 0 Å². The number of carbonyl (C=O) groups excluding carboxylic acids is 1. The summed E-state index contributed by atoms with van der Waals surface area (Å²) in [5.41, 5.74) is 5.72. The average molecular weight is 258 g/mol. The Labute approximate surface area is 112 Å². The van der Waals surface area contributed by atoms with Crippen molar-refractivity contribution in [3.8, 4) is 0 Å². The van der Waals surface area contributed by atoms with E-state index in [4.69, 9.17) is 10.5 Å². The molecule has 4 heteroatoms. The predicted octanol–water partition coefficient (Wildman–Crippen LogP) is 1.79. The highest BCUT2D eigenvalue weighted by atomic mass is 16.5. The number of ether oxygens (including phenoxy) is 1. The van der Waals surface area contributed by atoms with Crippen LogP contribution in [0.15, 0.2) is 0 Å².